The fourth-order valence-corrected chi connectivity index (χ4v) is 13.1. The Morgan fingerprint density at radius 3 is 1.25 bits per heavy atom. The molecule has 17 nitrogen and oxygen atoms in total. The zero-order valence-corrected chi connectivity index (χ0v) is 58.5. The van der Waals surface area contributed by atoms with E-state index in [4.69, 9.17) is 28.4 Å². The molecular formula is C72H93F15N10O7. The van der Waals surface area contributed by atoms with E-state index >= 15 is 0 Å². The summed E-state index contributed by atoms with van der Waals surface area (Å²) in [6.07, 6.45) is -13.0. The van der Waals surface area contributed by atoms with Gasteiger partial charge in [0.2, 0.25) is 0 Å². The van der Waals surface area contributed by atoms with E-state index in [9.17, 15) is 65.9 Å². The van der Waals surface area contributed by atoms with Crippen LogP contribution in [0.1, 0.15) is 145 Å². The highest BCUT2D eigenvalue weighted by Gasteiger charge is 2.45. The standard InChI is InChI=1S/C10H10F3NO.C10H10F3N.C9H9F3N2.C9H8F3N.2C9H17NO2.C8H7F3N2.C8H15NO2/c11-10(12,13)15-9-2-1-8-6-14-4-3-7(8)5-9;11-10(12,13)9-2-1-8-6-14-4-3-7(8)5-9;10-9(11,12)8-2-1-6-5-13-4-3-7(6)14-8;10-9(11,12)8-2-1-6-4-13-5-7(6)3-8;1-7-8(2)12-9(11-7)3-5-10-6-4-9;1-8-6-11-9(12-7-8)2-4-10-5-3-9;9-8(10,11)7-2-1-5-3-12-4-6(5)13-7;1-7-6-10-8(11-7)2-4-9-5-3-8/h1-2,5,14H,3-4,6H2;1-2,5,14H,3-4,6H2;1-2,13H,3-5H2;1-3,13H,4-5H2;7-8,10H,3-6H2,1-2H3;8,10H,2-7H2,1H3;1-2,12H,3-4H2;7,9H,2-6H2,1H3/t;;;;;;;7-/m.......0/s1. The van der Waals surface area contributed by atoms with Gasteiger partial charge >= 0.3 is 31.1 Å². The molecule has 6 saturated heterocycles. The van der Waals surface area contributed by atoms with E-state index in [0.717, 1.165) is 186 Å². The van der Waals surface area contributed by atoms with E-state index in [-0.39, 0.29) is 41.4 Å². The van der Waals surface area contributed by atoms with Gasteiger partial charge in [-0.2, -0.15) is 52.7 Å². The van der Waals surface area contributed by atoms with E-state index in [1.807, 2.05) is 0 Å². The third kappa shape index (κ3) is 24.6. The minimum Gasteiger partial charge on any atom is -0.406 e. The monoisotopic (exact) mass is 1490 g/mol. The van der Waals surface area contributed by atoms with Gasteiger partial charge in [-0.25, -0.2) is 9.97 Å². The number of benzene rings is 3. The lowest BCUT2D eigenvalue weighted by atomic mass is 9.98. The summed E-state index contributed by atoms with van der Waals surface area (Å²) in [6, 6.07) is 17.4. The largest absolute Gasteiger partial charge is 0.573 e. The van der Waals surface area contributed by atoms with Gasteiger partial charge in [0.05, 0.1) is 55.0 Å². The summed E-state index contributed by atoms with van der Waals surface area (Å²) < 4.78 is 221. The quantitative estimate of drug-likeness (QED) is 0.0740. The Morgan fingerprint density at radius 2 is 0.750 bits per heavy atom. The molecular weight excluding hydrogens is 1400 g/mol. The third-order valence-electron chi connectivity index (χ3n) is 18.9. The van der Waals surface area contributed by atoms with Crippen LogP contribution < -0.4 is 47.3 Å². The molecule has 13 heterocycles. The van der Waals surface area contributed by atoms with Crippen LogP contribution in [0.3, 0.4) is 0 Å². The number of pyridine rings is 2. The molecule has 0 saturated carbocycles. The lowest BCUT2D eigenvalue weighted by Crippen LogP contribution is -2.50. The van der Waals surface area contributed by atoms with Crippen molar-refractivity contribution in [3.63, 3.8) is 0 Å². The summed E-state index contributed by atoms with van der Waals surface area (Å²) >= 11 is 0. The van der Waals surface area contributed by atoms with Crippen molar-refractivity contribution in [2.45, 2.75) is 198 Å². The van der Waals surface area contributed by atoms with E-state index in [2.05, 4.69) is 84.9 Å². The van der Waals surface area contributed by atoms with Crippen LogP contribution in [0.4, 0.5) is 65.9 Å². The number of fused-ring (bicyclic) bond motifs is 5. The first-order chi connectivity index (χ1) is 49.2. The molecule has 2 aromatic heterocycles. The smallest absolute Gasteiger partial charge is 0.406 e. The van der Waals surface area contributed by atoms with Crippen LogP contribution in [0.2, 0.25) is 0 Å². The highest BCUT2D eigenvalue weighted by Crippen LogP contribution is 2.38. The van der Waals surface area contributed by atoms with Gasteiger partial charge in [0.15, 0.2) is 17.4 Å². The molecule has 32 heteroatoms. The normalized spacial score (nSPS) is 22.8. The number of hydrogen-bond acceptors (Lipinski definition) is 17. The van der Waals surface area contributed by atoms with Crippen LogP contribution >= 0.6 is 0 Å². The minimum atomic E-state index is -4.61. The van der Waals surface area contributed by atoms with Crippen molar-refractivity contribution in [3.8, 4) is 5.75 Å². The van der Waals surface area contributed by atoms with Crippen molar-refractivity contribution in [1.29, 1.82) is 0 Å². The average Bonchev–Trinajstić information content (AvgIpc) is 1.62. The van der Waals surface area contributed by atoms with Crippen LogP contribution in [-0.4, -0.2) is 131 Å². The van der Waals surface area contributed by atoms with Crippen LogP contribution in [0.25, 0.3) is 0 Å². The second kappa shape index (κ2) is 36.4. The summed E-state index contributed by atoms with van der Waals surface area (Å²) in [4.78, 5) is 7.16. The first-order valence-corrected chi connectivity index (χ1v) is 35.2. The zero-order chi connectivity index (χ0) is 75.0. The number of alkyl halides is 15. The lowest BCUT2D eigenvalue weighted by molar-refractivity contribution is -0.290. The molecule has 2 unspecified atom stereocenters. The topological polar surface area (TPSA) is 187 Å². The maximum atomic E-state index is 12.3. The molecule has 3 spiro atoms. The molecule has 6 fully saturated rings. The first kappa shape index (κ1) is 82.2. The average molecular weight is 1500 g/mol. The summed E-state index contributed by atoms with van der Waals surface area (Å²) in [5.74, 6) is -0.263. The summed E-state index contributed by atoms with van der Waals surface area (Å²) in [7, 11) is 0. The number of nitrogens with one attached hydrogen (secondary N) is 8. The first-order valence-electron chi connectivity index (χ1n) is 35.2. The maximum absolute atomic E-state index is 12.3. The van der Waals surface area contributed by atoms with Gasteiger partial charge in [-0.05, 0) is 140 Å². The van der Waals surface area contributed by atoms with Crippen LogP contribution in [0.5, 0.6) is 5.75 Å². The Morgan fingerprint density at radius 1 is 0.356 bits per heavy atom. The molecule has 0 bridgehead atoms. The molecule has 8 N–H and O–H groups in total. The van der Waals surface area contributed by atoms with Crippen molar-refractivity contribution in [1.82, 2.24) is 52.5 Å². The number of hydrogen-bond donors (Lipinski definition) is 8. The number of nitrogens with zero attached hydrogens (tertiary/aromatic N) is 2. The number of ether oxygens (including phenoxy) is 7. The molecule has 0 aliphatic carbocycles. The Kier molecular flexibility index (Phi) is 28.7. The second-order valence-electron chi connectivity index (χ2n) is 27.1. The molecule has 0 radical (unpaired) electrons. The van der Waals surface area contributed by atoms with Crippen LogP contribution in [0.15, 0.2) is 78.9 Å². The maximum Gasteiger partial charge on any atom is 0.573 e. The molecule has 578 valence electrons. The summed E-state index contributed by atoms with van der Waals surface area (Å²) in [5.41, 5.74) is 5.57. The second-order valence-corrected chi connectivity index (χ2v) is 27.1. The van der Waals surface area contributed by atoms with Crippen LogP contribution in [0, 0.1) is 5.92 Å². The molecule has 3 aromatic carbocycles. The molecule has 11 aliphatic rings. The van der Waals surface area contributed by atoms with Crippen molar-refractivity contribution in [3.05, 3.63) is 157 Å². The molecule has 104 heavy (non-hydrogen) atoms. The zero-order valence-electron chi connectivity index (χ0n) is 58.5. The van der Waals surface area contributed by atoms with Gasteiger partial charge in [-0.15, -0.1) is 13.2 Å². The number of rotatable bonds is 1. The van der Waals surface area contributed by atoms with Crippen molar-refractivity contribution in [2.24, 2.45) is 5.92 Å². The lowest BCUT2D eigenvalue weighted by Gasteiger charge is -2.42. The SMILES string of the molecule is CC1COC2(CCNCC2)OC1.CC1OC2(CCNCC2)OC1C.C[C@H]1COC2(CCNCC2)O1.FC(F)(F)Oc1ccc2c(c1)CCNC2.FC(F)(F)c1ccc2c(c1)CCNC2.FC(F)(F)c1ccc2c(c1)CNC2.FC(F)(F)c1ccc2c(n1)CCNC2.FC(F)(F)c1ccc2c(n1)CNC2. The molecule has 0 amide bonds. The number of aromatic nitrogens is 2. The van der Waals surface area contributed by atoms with E-state index in [1.54, 1.807) is 12.1 Å². The van der Waals surface area contributed by atoms with Gasteiger partial charge in [0.1, 0.15) is 17.1 Å². The molecule has 11 aliphatic heterocycles. The van der Waals surface area contributed by atoms with Crippen LogP contribution in [-0.2, 0) is 118 Å². The highest BCUT2D eigenvalue weighted by atomic mass is 19.4. The fourth-order valence-electron chi connectivity index (χ4n) is 13.1. The highest BCUT2D eigenvalue weighted by molar-refractivity contribution is 5.38. The molecule has 5 aromatic rings. The van der Waals surface area contributed by atoms with Gasteiger partial charge in [0.25, 0.3) is 0 Å². The number of piperidine rings is 3. The van der Waals surface area contributed by atoms with Gasteiger partial charge in [-0.1, -0.05) is 37.3 Å². The Balaban J connectivity index is 0.000000138. The number of halogens is 15. The minimum absolute atomic E-state index is 0.136. The molecule has 3 atom stereocenters. The molecule has 16 rings (SSSR count). The van der Waals surface area contributed by atoms with Gasteiger partial charge in [-0.3, -0.25) is 0 Å². The predicted octanol–water partition coefficient (Wildman–Crippen LogP) is 12.5. The van der Waals surface area contributed by atoms with E-state index in [1.165, 1.54) is 42.5 Å². The predicted molar refractivity (Wildman–Crippen MR) is 355 cm³/mol. The Hall–Kier alpha value is -5.85. The van der Waals surface area contributed by atoms with Crippen molar-refractivity contribution in [2.75, 3.05) is 78.7 Å². The van der Waals surface area contributed by atoms with Crippen molar-refractivity contribution < 1.29 is 99.0 Å². The van der Waals surface area contributed by atoms with Gasteiger partial charge < -0.3 is 75.7 Å². The van der Waals surface area contributed by atoms with Gasteiger partial charge in [0, 0.05) is 148 Å². The third-order valence-corrected chi connectivity index (χ3v) is 18.9. The fraction of sp³-hybridized carbons (Fsp3) is 0.611. The van der Waals surface area contributed by atoms with E-state index in [0.29, 0.717) is 82.5 Å². The Bertz CT molecular complexity index is 3360. The summed E-state index contributed by atoms with van der Waals surface area (Å²) in [5, 5.41) is 25.2. The van der Waals surface area contributed by atoms with Crippen molar-refractivity contribution >= 4 is 0 Å². The summed E-state index contributed by atoms with van der Waals surface area (Å²) in [6.45, 7) is 23.5. The van der Waals surface area contributed by atoms with E-state index < -0.39 is 53.6 Å². The Labute approximate surface area is 595 Å².